The van der Waals surface area contributed by atoms with Crippen LogP contribution in [0.3, 0.4) is 0 Å². The number of likely N-dealkylation sites (tertiary alicyclic amines) is 2. The van der Waals surface area contributed by atoms with Gasteiger partial charge in [-0.3, -0.25) is 9.36 Å². The Bertz CT molecular complexity index is 897. The van der Waals surface area contributed by atoms with Gasteiger partial charge in [0, 0.05) is 49.5 Å². The van der Waals surface area contributed by atoms with E-state index in [1.54, 1.807) is 11.3 Å². The highest BCUT2D eigenvalue weighted by atomic mass is 32.1. The Labute approximate surface area is 195 Å². The van der Waals surface area contributed by atoms with E-state index in [1.807, 2.05) is 0 Å². The average molecular weight is 457 g/mol. The first kappa shape index (κ1) is 21.9. The van der Waals surface area contributed by atoms with Gasteiger partial charge in [0.2, 0.25) is 16.2 Å². The number of carbonyl (C=O) groups is 1. The summed E-state index contributed by atoms with van der Waals surface area (Å²) >= 11 is 1.64. The molecule has 2 aromatic rings. The first-order chi connectivity index (χ1) is 15.6. The highest BCUT2D eigenvalue weighted by Crippen LogP contribution is 2.30. The molecule has 0 N–H and O–H groups in total. The molecule has 2 aromatic heterocycles. The van der Waals surface area contributed by atoms with Gasteiger partial charge in [0.1, 0.15) is 0 Å². The van der Waals surface area contributed by atoms with Gasteiger partial charge in [-0.2, -0.15) is 0 Å². The number of carbonyl (C=O) groups excluding carboxylic acids is 1. The van der Waals surface area contributed by atoms with Gasteiger partial charge in [0.25, 0.3) is 0 Å². The van der Waals surface area contributed by atoms with Crippen LogP contribution in [0.5, 0.6) is 0 Å². The highest BCUT2D eigenvalue weighted by molar-refractivity contribution is 7.17. The van der Waals surface area contributed by atoms with Crippen molar-refractivity contribution in [3.05, 3.63) is 23.5 Å². The van der Waals surface area contributed by atoms with Gasteiger partial charge in [-0.05, 0) is 77.6 Å². The summed E-state index contributed by atoms with van der Waals surface area (Å²) in [5, 5.41) is 10.8. The minimum absolute atomic E-state index is 0.166. The maximum absolute atomic E-state index is 13.2. The molecular formula is C24H36N6OS. The molecule has 1 amide bonds. The maximum Gasteiger partial charge on any atom is 0.225 e. The number of amides is 1. The van der Waals surface area contributed by atoms with E-state index in [0.717, 1.165) is 62.1 Å². The maximum atomic E-state index is 13.2. The van der Waals surface area contributed by atoms with E-state index in [2.05, 4.69) is 55.4 Å². The van der Waals surface area contributed by atoms with Crippen LogP contribution < -0.4 is 4.90 Å². The summed E-state index contributed by atoms with van der Waals surface area (Å²) in [5.41, 5.74) is 2.36. The van der Waals surface area contributed by atoms with Crippen molar-refractivity contribution in [2.45, 2.75) is 64.8 Å². The van der Waals surface area contributed by atoms with Crippen LogP contribution in [0.4, 0.5) is 5.13 Å². The predicted octanol–water partition coefficient (Wildman–Crippen LogP) is 3.64. The monoisotopic (exact) mass is 456 g/mol. The van der Waals surface area contributed by atoms with Crippen molar-refractivity contribution in [1.29, 1.82) is 0 Å². The lowest BCUT2D eigenvalue weighted by Crippen LogP contribution is -2.50. The minimum Gasteiger partial charge on any atom is -0.347 e. The van der Waals surface area contributed by atoms with Gasteiger partial charge in [0.15, 0.2) is 0 Å². The van der Waals surface area contributed by atoms with Gasteiger partial charge in [0.05, 0.1) is 0 Å². The van der Waals surface area contributed by atoms with Crippen LogP contribution in [0, 0.1) is 19.8 Å². The molecule has 0 spiro atoms. The van der Waals surface area contributed by atoms with Crippen molar-refractivity contribution < 1.29 is 4.79 Å². The minimum atomic E-state index is 0.166. The van der Waals surface area contributed by atoms with Crippen LogP contribution in [0.2, 0.25) is 0 Å². The number of aromatic nitrogens is 3. The molecule has 0 aromatic carbocycles. The standard InChI is InChI=1S/C24H36N6OS/c1-18-6-7-19(2)30(18)24-26-25-23(32-24)29-14-8-20(9-15-29)22(31)28-16-10-21(11-17-28)27-12-4-3-5-13-27/h6-7,20-21H,3-5,8-17H2,1-2H3. The fourth-order valence-corrected chi connectivity index (χ4v) is 6.72. The molecule has 5 rings (SSSR count). The number of nitrogens with zero attached hydrogens (tertiary/aromatic N) is 6. The van der Waals surface area contributed by atoms with Gasteiger partial charge in [-0.1, -0.05) is 17.8 Å². The molecule has 32 heavy (non-hydrogen) atoms. The van der Waals surface area contributed by atoms with Crippen molar-refractivity contribution in [3.8, 4) is 5.13 Å². The quantitative estimate of drug-likeness (QED) is 0.703. The van der Waals surface area contributed by atoms with Crippen LogP contribution in [-0.4, -0.2) is 75.8 Å². The molecule has 3 saturated heterocycles. The largest absolute Gasteiger partial charge is 0.347 e. The fourth-order valence-electron chi connectivity index (χ4n) is 5.71. The Morgan fingerprint density at radius 1 is 0.844 bits per heavy atom. The molecule has 7 nitrogen and oxygen atoms in total. The van der Waals surface area contributed by atoms with Crippen molar-refractivity contribution in [3.63, 3.8) is 0 Å². The Balaban J connectivity index is 1.12. The second-order valence-electron chi connectivity index (χ2n) is 9.73. The Morgan fingerprint density at radius 2 is 1.47 bits per heavy atom. The lowest BCUT2D eigenvalue weighted by molar-refractivity contribution is -0.137. The van der Waals surface area contributed by atoms with Gasteiger partial charge >= 0.3 is 0 Å². The summed E-state index contributed by atoms with van der Waals surface area (Å²) < 4.78 is 2.16. The zero-order valence-electron chi connectivity index (χ0n) is 19.5. The average Bonchev–Trinajstić information content (AvgIpc) is 3.45. The molecule has 0 saturated carbocycles. The van der Waals surface area contributed by atoms with Crippen molar-refractivity contribution in [1.82, 2.24) is 24.6 Å². The smallest absolute Gasteiger partial charge is 0.225 e. The van der Waals surface area contributed by atoms with Crippen LogP contribution in [0.15, 0.2) is 12.1 Å². The number of piperidine rings is 3. The fraction of sp³-hybridized carbons (Fsp3) is 0.708. The van der Waals surface area contributed by atoms with Crippen LogP contribution in [0.1, 0.15) is 56.3 Å². The van der Waals surface area contributed by atoms with E-state index in [0.29, 0.717) is 11.9 Å². The normalized spacial score (nSPS) is 21.9. The summed E-state index contributed by atoms with van der Waals surface area (Å²) in [6.45, 7) is 10.4. The van der Waals surface area contributed by atoms with Crippen LogP contribution in [0.25, 0.3) is 5.13 Å². The second kappa shape index (κ2) is 9.51. The van der Waals surface area contributed by atoms with Crippen LogP contribution >= 0.6 is 11.3 Å². The first-order valence-corrected chi connectivity index (χ1v) is 13.2. The summed E-state index contributed by atoms with van der Waals surface area (Å²) in [6.07, 6.45) is 8.21. The molecule has 0 bridgehead atoms. The van der Waals surface area contributed by atoms with Crippen molar-refractivity contribution in [2.75, 3.05) is 44.2 Å². The third-order valence-electron chi connectivity index (χ3n) is 7.66. The molecule has 3 aliphatic heterocycles. The number of rotatable bonds is 4. The van der Waals surface area contributed by atoms with Gasteiger partial charge < -0.3 is 14.7 Å². The SMILES string of the molecule is Cc1ccc(C)n1-c1nnc(N2CCC(C(=O)N3CCC(N4CCCCC4)CC3)CC2)s1. The molecule has 174 valence electrons. The van der Waals surface area contributed by atoms with Crippen LogP contribution in [-0.2, 0) is 4.79 Å². The van der Waals surface area contributed by atoms with E-state index < -0.39 is 0 Å². The summed E-state index contributed by atoms with van der Waals surface area (Å²) in [4.78, 5) is 20.3. The molecule has 3 aliphatic rings. The lowest BCUT2D eigenvalue weighted by atomic mass is 9.93. The number of hydrogen-bond donors (Lipinski definition) is 0. The van der Waals surface area contributed by atoms with Crippen molar-refractivity contribution in [2.24, 2.45) is 5.92 Å². The van der Waals surface area contributed by atoms with Gasteiger partial charge in [-0.15, -0.1) is 10.2 Å². The third-order valence-corrected chi connectivity index (χ3v) is 8.63. The molecule has 0 aliphatic carbocycles. The van der Waals surface area contributed by atoms with E-state index in [9.17, 15) is 4.79 Å². The number of anilines is 1. The Hall–Kier alpha value is -1.93. The molecule has 0 radical (unpaired) electrons. The zero-order valence-corrected chi connectivity index (χ0v) is 20.3. The molecular weight excluding hydrogens is 420 g/mol. The Kier molecular flexibility index (Phi) is 6.51. The number of hydrogen-bond acceptors (Lipinski definition) is 6. The molecule has 0 unspecified atom stereocenters. The third kappa shape index (κ3) is 4.44. The van der Waals surface area contributed by atoms with E-state index >= 15 is 0 Å². The van der Waals surface area contributed by atoms with E-state index in [-0.39, 0.29) is 5.92 Å². The second-order valence-corrected chi connectivity index (χ2v) is 10.7. The van der Waals surface area contributed by atoms with Gasteiger partial charge in [-0.25, -0.2) is 0 Å². The van der Waals surface area contributed by atoms with Crippen molar-refractivity contribution >= 4 is 22.4 Å². The molecule has 8 heteroatoms. The first-order valence-electron chi connectivity index (χ1n) is 12.4. The molecule has 0 atom stereocenters. The lowest BCUT2D eigenvalue weighted by Gasteiger charge is -2.41. The summed E-state index contributed by atoms with van der Waals surface area (Å²) in [6, 6.07) is 4.92. The highest BCUT2D eigenvalue weighted by Gasteiger charge is 2.33. The zero-order chi connectivity index (χ0) is 22.1. The Morgan fingerprint density at radius 3 is 2.12 bits per heavy atom. The number of aryl methyl sites for hydroxylation is 2. The van der Waals surface area contributed by atoms with E-state index in [4.69, 9.17) is 0 Å². The molecule has 5 heterocycles. The van der Waals surface area contributed by atoms with E-state index in [1.165, 1.54) is 43.7 Å². The molecule has 3 fully saturated rings. The predicted molar refractivity (Wildman–Crippen MR) is 129 cm³/mol. The summed E-state index contributed by atoms with van der Waals surface area (Å²) in [7, 11) is 0. The topological polar surface area (TPSA) is 57.5 Å². The summed E-state index contributed by atoms with van der Waals surface area (Å²) in [5.74, 6) is 0.553.